The zero-order valence-electron chi connectivity index (χ0n) is 14.0. The van der Waals surface area contributed by atoms with E-state index in [9.17, 15) is 14.4 Å². The number of aromatic carboxylic acids is 1. The molecule has 0 saturated carbocycles. The van der Waals surface area contributed by atoms with Gasteiger partial charge in [0.25, 0.3) is 5.91 Å². The van der Waals surface area contributed by atoms with Crippen molar-refractivity contribution in [3.05, 3.63) is 76.8 Å². The number of thiazole rings is 1. The number of nitrogens with zero attached hydrogens (tertiary/aromatic N) is 1. The summed E-state index contributed by atoms with van der Waals surface area (Å²) in [6.45, 7) is 0. The van der Waals surface area contributed by atoms with Gasteiger partial charge in [0, 0.05) is 11.1 Å². The maximum atomic E-state index is 12.3. The van der Waals surface area contributed by atoms with Crippen LogP contribution < -0.4 is 10.6 Å². The topological polar surface area (TPSA) is 108 Å². The number of carboxylic acids is 1. The standard InChI is InChI=1S/C19H15N3O4S/c23-16(9-12-5-2-1-3-6-12)22-19-21-15(11-27-19)17(24)20-14-8-4-7-13(10-14)18(25)26/h1-8,10-11H,9H2,(H,20,24)(H,25,26)(H,21,22,23). The number of aromatic nitrogens is 1. The maximum absolute atomic E-state index is 12.3. The number of carbonyl (C=O) groups is 3. The summed E-state index contributed by atoms with van der Waals surface area (Å²) < 4.78 is 0. The van der Waals surface area contributed by atoms with Crippen LogP contribution in [0.15, 0.2) is 60.0 Å². The Morgan fingerprint density at radius 3 is 2.52 bits per heavy atom. The Labute approximate surface area is 158 Å². The van der Waals surface area contributed by atoms with Gasteiger partial charge in [-0.3, -0.25) is 9.59 Å². The van der Waals surface area contributed by atoms with Crippen LogP contribution >= 0.6 is 11.3 Å². The summed E-state index contributed by atoms with van der Waals surface area (Å²) >= 11 is 1.14. The van der Waals surface area contributed by atoms with Crippen molar-refractivity contribution in [2.45, 2.75) is 6.42 Å². The molecule has 0 saturated heterocycles. The largest absolute Gasteiger partial charge is 0.478 e. The second-order valence-corrected chi connectivity index (χ2v) is 6.45. The first-order chi connectivity index (χ1) is 13.0. The molecule has 0 radical (unpaired) electrons. The lowest BCUT2D eigenvalue weighted by molar-refractivity contribution is -0.115. The molecule has 2 amide bonds. The van der Waals surface area contributed by atoms with E-state index in [0.29, 0.717) is 10.8 Å². The highest BCUT2D eigenvalue weighted by Gasteiger charge is 2.14. The quantitative estimate of drug-likeness (QED) is 0.607. The zero-order valence-corrected chi connectivity index (χ0v) is 14.8. The third-order valence-corrected chi connectivity index (χ3v) is 4.32. The van der Waals surface area contributed by atoms with Crippen molar-refractivity contribution in [2.75, 3.05) is 10.6 Å². The molecular formula is C19H15N3O4S. The van der Waals surface area contributed by atoms with Gasteiger partial charge in [-0.2, -0.15) is 0 Å². The Balaban J connectivity index is 1.61. The molecule has 1 aromatic heterocycles. The van der Waals surface area contributed by atoms with Crippen molar-refractivity contribution in [1.82, 2.24) is 4.98 Å². The Morgan fingerprint density at radius 2 is 1.78 bits per heavy atom. The van der Waals surface area contributed by atoms with Gasteiger partial charge in [0.05, 0.1) is 12.0 Å². The number of carboxylic acid groups (broad SMARTS) is 1. The fourth-order valence-electron chi connectivity index (χ4n) is 2.31. The molecule has 7 nitrogen and oxygen atoms in total. The molecule has 0 spiro atoms. The molecule has 0 bridgehead atoms. The summed E-state index contributed by atoms with van der Waals surface area (Å²) in [6, 6.07) is 15.2. The van der Waals surface area contributed by atoms with Gasteiger partial charge < -0.3 is 15.7 Å². The van der Waals surface area contributed by atoms with Crippen molar-refractivity contribution in [1.29, 1.82) is 0 Å². The lowest BCUT2D eigenvalue weighted by Crippen LogP contribution is -2.15. The number of carbonyl (C=O) groups excluding carboxylic acids is 2. The molecule has 2 aromatic carbocycles. The van der Waals surface area contributed by atoms with E-state index in [1.54, 1.807) is 6.07 Å². The summed E-state index contributed by atoms with van der Waals surface area (Å²) in [5, 5.41) is 16.1. The van der Waals surface area contributed by atoms with Gasteiger partial charge in [0.1, 0.15) is 5.69 Å². The Hall–Kier alpha value is -3.52. The Morgan fingerprint density at radius 1 is 1.00 bits per heavy atom. The van der Waals surface area contributed by atoms with Crippen LogP contribution in [0.2, 0.25) is 0 Å². The van der Waals surface area contributed by atoms with Gasteiger partial charge in [0.2, 0.25) is 5.91 Å². The number of anilines is 2. The molecule has 0 aliphatic heterocycles. The summed E-state index contributed by atoms with van der Waals surface area (Å²) in [7, 11) is 0. The minimum Gasteiger partial charge on any atom is -0.478 e. The second kappa shape index (κ2) is 8.24. The minimum absolute atomic E-state index is 0.0694. The third kappa shape index (κ3) is 4.99. The molecule has 1 heterocycles. The van der Waals surface area contributed by atoms with Gasteiger partial charge in [0.15, 0.2) is 5.13 Å². The van der Waals surface area contributed by atoms with Gasteiger partial charge in [-0.05, 0) is 23.8 Å². The van der Waals surface area contributed by atoms with Crippen LogP contribution in [0.5, 0.6) is 0 Å². The van der Waals surface area contributed by atoms with E-state index >= 15 is 0 Å². The van der Waals surface area contributed by atoms with Crippen LogP contribution in [0.3, 0.4) is 0 Å². The van der Waals surface area contributed by atoms with Crippen molar-refractivity contribution in [2.24, 2.45) is 0 Å². The molecule has 3 rings (SSSR count). The zero-order chi connectivity index (χ0) is 19.2. The van der Waals surface area contributed by atoms with E-state index in [2.05, 4.69) is 15.6 Å². The smallest absolute Gasteiger partial charge is 0.335 e. The molecule has 3 aromatic rings. The van der Waals surface area contributed by atoms with E-state index in [-0.39, 0.29) is 23.6 Å². The van der Waals surface area contributed by atoms with E-state index in [4.69, 9.17) is 5.11 Å². The van der Waals surface area contributed by atoms with Crippen LogP contribution in [0.1, 0.15) is 26.4 Å². The predicted octanol–water partition coefficient (Wildman–Crippen LogP) is 3.27. The third-order valence-electron chi connectivity index (χ3n) is 3.56. The van der Waals surface area contributed by atoms with E-state index in [0.717, 1.165) is 16.9 Å². The molecular weight excluding hydrogens is 366 g/mol. The molecule has 0 fully saturated rings. The van der Waals surface area contributed by atoms with Gasteiger partial charge in [-0.15, -0.1) is 11.3 Å². The van der Waals surface area contributed by atoms with E-state index < -0.39 is 11.9 Å². The summed E-state index contributed by atoms with van der Waals surface area (Å²) in [5.41, 5.74) is 1.43. The van der Waals surface area contributed by atoms with Crippen molar-refractivity contribution < 1.29 is 19.5 Å². The fraction of sp³-hybridized carbons (Fsp3) is 0.0526. The minimum atomic E-state index is -1.08. The number of nitrogens with one attached hydrogen (secondary N) is 2. The second-order valence-electron chi connectivity index (χ2n) is 5.59. The number of hydrogen-bond donors (Lipinski definition) is 3. The summed E-state index contributed by atoms with van der Waals surface area (Å²) in [5.74, 6) is -1.79. The van der Waals surface area contributed by atoms with Crippen LogP contribution in [0.4, 0.5) is 10.8 Å². The number of benzene rings is 2. The van der Waals surface area contributed by atoms with Crippen molar-refractivity contribution in [3.63, 3.8) is 0 Å². The average Bonchev–Trinajstić information content (AvgIpc) is 3.11. The SMILES string of the molecule is O=C(Cc1ccccc1)Nc1nc(C(=O)Nc2cccc(C(=O)O)c2)cs1. The Kier molecular flexibility index (Phi) is 5.58. The molecule has 27 heavy (non-hydrogen) atoms. The Bertz CT molecular complexity index is 985. The first kappa shape index (κ1) is 18.3. The van der Waals surface area contributed by atoms with Crippen LogP contribution in [0.25, 0.3) is 0 Å². The highest BCUT2D eigenvalue weighted by Crippen LogP contribution is 2.18. The average molecular weight is 381 g/mol. The predicted molar refractivity (Wildman–Crippen MR) is 102 cm³/mol. The molecule has 136 valence electrons. The summed E-state index contributed by atoms with van der Waals surface area (Å²) in [4.78, 5) is 39.4. The monoisotopic (exact) mass is 381 g/mol. The van der Waals surface area contributed by atoms with Gasteiger partial charge in [-0.1, -0.05) is 36.4 Å². The van der Waals surface area contributed by atoms with Gasteiger partial charge in [-0.25, -0.2) is 9.78 Å². The summed E-state index contributed by atoms with van der Waals surface area (Å²) in [6.07, 6.45) is 0.212. The molecule has 8 heteroatoms. The molecule has 0 unspecified atom stereocenters. The van der Waals surface area contributed by atoms with Crippen molar-refractivity contribution in [3.8, 4) is 0 Å². The van der Waals surface area contributed by atoms with Crippen molar-refractivity contribution >= 4 is 39.9 Å². The fourth-order valence-corrected chi connectivity index (χ4v) is 3.01. The van der Waals surface area contributed by atoms with Gasteiger partial charge >= 0.3 is 5.97 Å². The first-order valence-electron chi connectivity index (χ1n) is 7.95. The number of hydrogen-bond acceptors (Lipinski definition) is 5. The maximum Gasteiger partial charge on any atom is 0.335 e. The lowest BCUT2D eigenvalue weighted by atomic mass is 10.1. The van der Waals surface area contributed by atoms with E-state index in [1.807, 2.05) is 30.3 Å². The highest BCUT2D eigenvalue weighted by molar-refractivity contribution is 7.14. The molecule has 3 N–H and O–H groups in total. The van der Waals surface area contributed by atoms with Crippen LogP contribution in [-0.2, 0) is 11.2 Å². The first-order valence-corrected chi connectivity index (χ1v) is 8.83. The molecule has 0 aliphatic carbocycles. The molecule has 0 atom stereocenters. The molecule has 0 aliphatic rings. The van der Waals surface area contributed by atoms with Crippen LogP contribution in [-0.4, -0.2) is 27.9 Å². The number of amides is 2. The van der Waals surface area contributed by atoms with Crippen LogP contribution in [0, 0.1) is 0 Å². The highest BCUT2D eigenvalue weighted by atomic mass is 32.1. The normalized spacial score (nSPS) is 10.2. The number of rotatable bonds is 6. The van der Waals surface area contributed by atoms with E-state index in [1.165, 1.54) is 23.6 Å². The lowest BCUT2D eigenvalue weighted by Gasteiger charge is -2.04.